The number of carbonyl (C=O) groups is 8. The maximum Gasteiger partial charge on any atom is 0.326 e. The number of benzene rings is 2. The first-order chi connectivity index (χ1) is 31.1. The first-order valence-electron chi connectivity index (χ1n) is 22.1. The minimum absolute atomic E-state index is 0.0497. The van der Waals surface area contributed by atoms with E-state index in [1.165, 1.54) is 12.1 Å². The molecule has 362 valence electrons. The van der Waals surface area contributed by atoms with Crippen molar-refractivity contribution in [2.45, 2.75) is 128 Å². The van der Waals surface area contributed by atoms with Gasteiger partial charge < -0.3 is 64.6 Å². The minimum atomic E-state index is -1.55. The van der Waals surface area contributed by atoms with E-state index in [4.69, 9.17) is 22.9 Å². The van der Waals surface area contributed by atoms with E-state index in [-0.39, 0.29) is 81.6 Å². The Morgan fingerprint density at radius 1 is 0.682 bits per heavy atom. The highest BCUT2D eigenvalue weighted by atomic mass is 16.4. The number of carboxylic acid groups (broad SMARTS) is 1. The Labute approximate surface area is 384 Å². The average Bonchev–Trinajstić information content (AvgIpc) is 3.75. The fourth-order valence-corrected chi connectivity index (χ4v) is 7.47. The van der Waals surface area contributed by atoms with Crippen LogP contribution >= 0.6 is 0 Å². The van der Waals surface area contributed by atoms with E-state index in [0.717, 1.165) is 4.90 Å². The Morgan fingerprint density at radius 3 is 1.71 bits per heavy atom. The summed E-state index contributed by atoms with van der Waals surface area (Å²) in [5, 5.41) is 32.7. The maximum atomic E-state index is 14.2. The van der Waals surface area contributed by atoms with Gasteiger partial charge in [0, 0.05) is 19.5 Å². The normalized spacial score (nSPS) is 16.2. The Bertz CT molecular complexity index is 2010. The van der Waals surface area contributed by atoms with Crippen LogP contribution in [0, 0.1) is 11.8 Å². The number of guanidine groups is 1. The molecule has 21 heteroatoms. The van der Waals surface area contributed by atoms with Crippen molar-refractivity contribution in [2.24, 2.45) is 39.8 Å². The number of nitrogens with two attached hydrogens (primary N) is 4. The second-order valence-electron chi connectivity index (χ2n) is 17.4. The lowest BCUT2D eigenvalue weighted by molar-refractivity contribution is -0.149. The number of rotatable bonds is 26. The SMILES string of the molecule is CC(C)C[C@@H](NC(=O)[C@@H](Cc1ccccc1)NC(=O)[C@@H](N)Cc1ccc(O)cc1)C(=O)N[C@H](CC(C)C)C(=O)N[C@H](CCCN=C(N)N)C(=O)N[C@H](CC(N)=O)C(=O)N1CCC[C@H]1C(=O)O. The zero-order valence-electron chi connectivity index (χ0n) is 38.0. The number of hydrogen-bond acceptors (Lipinski definition) is 11. The number of nitrogens with one attached hydrogen (secondary N) is 5. The summed E-state index contributed by atoms with van der Waals surface area (Å²) >= 11 is 0. The van der Waals surface area contributed by atoms with E-state index in [1.807, 2.05) is 27.7 Å². The number of nitrogens with zero attached hydrogens (tertiary/aromatic N) is 2. The second kappa shape index (κ2) is 26.3. The lowest BCUT2D eigenvalue weighted by Crippen LogP contribution is -2.60. The molecule has 7 amide bonds. The third-order valence-electron chi connectivity index (χ3n) is 10.7. The molecule has 0 saturated carbocycles. The molecule has 1 aliphatic heterocycles. The van der Waals surface area contributed by atoms with Crippen molar-refractivity contribution in [2.75, 3.05) is 13.1 Å². The van der Waals surface area contributed by atoms with Gasteiger partial charge in [0.15, 0.2) is 5.96 Å². The van der Waals surface area contributed by atoms with Gasteiger partial charge in [-0.1, -0.05) is 70.2 Å². The average molecular weight is 922 g/mol. The van der Waals surface area contributed by atoms with Crippen molar-refractivity contribution in [3.8, 4) is 5.75 Å². The van der Waals surface area contributed by atoms with Gasteiger partial charge in [-0.05, 0) is 80.0 Å². The molecule has 0 radical (unpaired) electrons. The molecule has 1 heterocycles. The van der Waals surface area contributed by atoms with Crippen molar-refractivity contribution >= 4 is 53.3 Å². The number of carbonyl (C=O) groups excluding carboxylic acids is 7. The largest absolute Gasteiger partial charge is 0.508 e. The van der Waals surface area contributed by atoms with Gasteiger partial charge in [0.05, 0.1) is 12.5 Å². The van der Waals surface area contributed by atoms with Crippen LogP contribution in [0.1, 0.15) is 83.8 Å². The summed E-state index contributed by atoms with van der Waals surface area (Å²) in [6.45, 7) is 7.43. The van der Waals surface area contributed by atoms with Gasteiger partial charge in [-0.25, -0.2) is 4.79 Å². The standard InChI is InChI=1S/C45H67N11O10/c1-25(2)20-32(40(61)51-31(12-8-18-50-45(48)49)39(60)55-35(24-37(47)58)43(64)56-19-9-13-36(56)44(65)66)53-41(62)33(21-26(3)4)54-42(63)34(23-27-10-6-5-7-11-27)52-38(59)30(46)22-28-14-16-29(57)17-15-28/h5-7,10-11,14-17,25-26,30-36,57H,8-9,12-13,18-24,46H2,1-4H3,(H2,47,58)(H,51,61)(H,52,59)(H,53,62)(H,54,63)(H,55,60)(H,65,66)(H4,48,49,50)/t30-,31+,32+,33+,34+,35+,36-/m0/s1. The maximum absolute atomic E-state index is 14.2. The minimum Gasteiger partial charge on any atom is -0.508 e. The fourth-order valence-electron chi connectivity index (χ4n) is 7.47. The Hall–Kier alpha value is -6.77. The Morgan fingerprint density at radius 2 is 1.18 bits per heavy atom. The van der Waals surface area contributed by atoms with Crippen LogP contribution < -0.4 is 49.5 Å². The van der Waals surface area contributed by atoms with Gasteiger partial charge >= 0.3 is 5.97 Å². The summed E-state index contributed by atoms with van der Waals surface area (Å²) < 4.78 is 0. The highest BCUT2D eigenvalue weighted by molar-refractivity contribution is 5.98. The molecule has 3 rings (SSSR count). The van der Waals surface area contributed by atoms with Crippen molar-refractivity contribution in [3.63, 3.8) is 0 Å². The van der Waals surface area contributed by atoms with Crippen LogP contribution in [-0.4, -0.2) is 124 Å². The molecule has 7 atom stereocenters. The number of aliphatic imine (C=N–C) groups is 1. The van der Waals surface area contributed by atoms with Crippen LogP contribution in [0.15, 0.2) is 59.6 Å². The molecular weight excluding hydrogens is 855 g/mol. The molecule has 2 aromatic carbocycles. The molecule has 15 N–H and O–H groups in total. The van der Waals surface area contributed by atoms with Crippen LogP contribution in [0.2, 0.25) is 0 Å². The smallest absolute Gasteiger partial charge is 0.326 e. The molecule has 0 aliphatic carbocycles. The van der Waals surface area contributed by atoms with Crippen LogP contribution in [0.4, 0.5) is 0 Å². The molecule has 1 saturated heterocycles. The van der Waals surface area contributed by atoms with Gasteiger partial charge in [0.25, 0.3) is 0 Å². The van der Waals surface area contributed by atoms with Gasteiger partial charge in [0.1, 0.15) is 42.0 Å². The third kappa shape index (κ3) is 18.0. The predicted molar refractivity (Wildman–Crippen MR) is 245 cm³/mol. The molecule has 66 heavy (non-hydrogen) atoms. The molecule has 1 fully saturated rings. The number of phenols is 1. The van der Waals surface area contributed by atoms with E-state index in [2.05, 4.69) is 31.6 Å². The molecule has 0 unspecified atom stereocenters. The fraction of sp³-hybridized carbons (Fsp3) is 0.533. The quantitative estimate of drug-likeness (QED) is 0.0308. The number of aliphatic carboxylic acids is 1. The van der Waals surface area contributed by atoms with Gasteiger partial charge in [0.2, 0.25) is 41.4 Å². The molecule has 1 aliphatic rings. The monoisotopic (exact) mass is 922 g/mol. The van der Waals surface area contributed by atoms with E-state index < -0.39 is 96.0 Å². The highest BCUT2D eigenvalue weighted by Crippen LogP contribution is 2.20. The Balaban J connectivity index is 1.86. The molecule has 21 nitrogen and oxygen atoms in total. The van der Waals surface area contributed by atoms with Crippen LogP contribution in [0.25, 0.3) is 0 Å². The number of primary amides is 1. The van der Waals surface area contributed by atoms with Crippen molar-refractivity contribution in [3.05, 3.63) is 65.7 Å². The van der Waals surface area contributed by atoms with Gasteiger partial charge in [-0.15, -0.1) is 0 Å². The molecule has 0 bridgehead atoms. The molecule has 0 aromatic heterocycles. The van der Waals surface area contributed by atoms with Crippen molar-refractivity contribution in [1.29, 1.82) is 0 Å². The lowest BCUT2D eigenvalue weighted by atomic mass is 9.98. The molecule has 2 aromatic rings. The summed E-state index contributed by atoms with van der Waals surface area (Å²) in [5.74, 6) is -7.20. The first kappa shape index (κ1) is 53.6. The summed E-state index contributed by atoms with van der Waals surface area (Å²) in [4.78, 5) is 112. The lowest BCUT2D eigenvalue weighted by Gasteiger charge is -2.29. The Kier molecular flexibility index (Phi) is 21.3. The number of phenolic OH excluding ortho intramolecular Hbond substituents is 1. The van der Waals surface area contributed by atoms with E-state index in [1.54, 1.807) is 42.5 Å². The summed E-state index contributed by atoms with van der Waals surface area (Å²) in [6.07, 6.45) is 0.368. The van der Waals surface area contributed by atoms with E-state index in [9.17, 15) is 48.6 Å². The number of hydrogen-bond donors (Lipinski definition) is 11. The highest BCUT2D eigenvalue weighted by Gasteiger charge is 2.39. The second-order valence-corrected chi connectivity index (χ2v) is 17.4. The summed E-state index contributed by atoms with van der Waals surface area (Å²) in [6, 6.07) is 6.34. The first-order valence-corrected chi connectivity index (χ1v) is 22.1. The number of carboxylic acids is 1. The topological polar surface area (TPSA) is 357 Å². The van der Waals surface area contributed by atoms with Crippen molar-refractivity contribution in [1.82, 2.24) is 31.5 Å². The van der Waals surface area contributed by atoms with Crippen LogP contribution in [0.3, 0.4) is 0 Å². The molecule has 0 spiro atoms. The number of amides is 7. The van der Waals surface area contributed by atoms with E-state index >= 15 is 0 Å². The third-order valence-corrected chi connectivity index (χ3v) is 10.7. The van der Waals surface area contributed by atoms with Crippen molar-refractivity contribution < 1.29 is 48.6 Å². The predicted octanol–water partition coefficient (Wildman–Crippen LogP) is -0.975. The van der Waals surface area contributed by atoms with Crippen LogP contribution in [-0.2, 0) is 51.2 Å². The van der Waals surface area contributed by atoms with Gasteiger partial charge in [-0.2, -0.15) is 0 Å². The zero-order chi connectivity index (χ0) is 49.1. The summed E-state index contributed by atoms with van der Waals surface area (Å²) in [7, 11) is 0. The van der Waals surface area contributed by atoms with Gasteiger partial charge in [-0.3, -0.25) is 38.6 Å². The number of aromatic hydroxyl groups is 1. The molecular formula is C45H67N11O10. The van der Waals surface area contributed by atoms with E-state index in [0.29, 0.717) is 17.5 Å². The van der Waals surface area contributed by atoms with Crippen LogP contribution in [0.5, 0.6) is 5.75 Å². The number of likely N-dealkylation sites (tertiary alicyclic amines) is 1. The summed E-state index contributed by atoms with van der Waals surface area (Å²) in [5.41, 5.74) is 24.0. The zero-order valence-corrected chi connectivity index (χ0v) is 38.0.